The number of hydrogen-bond donors (Lipinski definition) is 1. The molecule has 1 N–H and O–H groups in total. The lowest BCUT2D eigenvalue weighted by Crippen LogP contribution is -2.24. The first-order valence-electron chi connectivity index (χ1n) is 7.52. The molecule has 0 amide bonds. The second-order valence-electron chi connectivity index (χ2n) is 5.43. The standard InChI is InChI=1S/C19H18N4/c1-23-11-10-21-19(23)18(17-8-3-2-4-9-17)22-14-16-7-5-6-15(12-16)13-20/h2-12,18,22H,14H2,1H3. The van der Waals surface area contributed by atoms with Gasteiger partial charge in [-0.25, -0.2) is 4.98 Å². The molecule has 1 unspecified atom stereocenters. The number of nitriles is 1. The summed E-state index contributed by atoms with van der Waals surface area (Å²) < 4.78 is 2.02. The molecule has 3 rings (SSSR count). The summed E-state index contributed by atoms with van der Waals surface area (Å²) in [7, 11) is 2.00. The van der Waals surface area contributed by atoms with E-state index in [1.807, 2.05) is 66.5 Å². The van der Waals surface area contributed by atoms with E-state index in [0.717, 1.165) is 11.4 Å². The van der Waals surface area contributed by atoms with Crippen LogP contribution in [0.25, 0.3) is 0 Å². The van der Waals surface area contributed by atoms with Gasteiger partial charge in [-0.1, -0.05) is 42.5 Å². The van der Waals surface area contributed by atoms with Crippen LogP contribution in [0.4, 0.5) is 0 Å². The molecule has 0 spiro atoms. The third-order valence-corrected chi connectivity index (χ3v) is 3.82. The Bertz CT molecular complexity index is 815. The maximum Gasteiger partial charge on any atom is 0.130 e. The molecular formula is C19H18N4. The highest BCUT2D eigenvalue weighted by Crippen LogP contribution is 2.20. The van der Waals surface area contributed by atoms with Crippen LogP contribution in [0, 0.1) is 11.3 Å². The normalized spacial score (nSPS) is 11.8. The minimum atomic E-state index is 0.00180. The fourth-order valence-corrected chi connectivity index (χ4v) is 2.63. The molecule has 0 aliphatic carbocycles. The summed E-state index contributed by atoms with van der Waals surface area (Å²) in [6.07, 6.45) is 3.76. The van der Waals surface area contributed by atoms with E-state index in [1.54, 1.807) is 0 Å². The maximum atomic E-state index is 9.02. The summed E-state index contributed by atoms with van der Waals surface area (Å²) in [4.78, 5) is 4.49. The fraction of sp³-hybridized carbons (Fsp3) is 0.158. The van der Waals surface area contributed by atoms with Gasteiger partial charge in [0.05, 0.1) is 17.7 Å². The zero-order valence-corrected chi connectivity index (χ0v) is 13.0. The molecule has 114 valence electrons. The SMILES string of the molecule is Cn1ccnc1C(NCc1cccc(C#N)c1)c1ccccc1. The van der Waals surface area contributed by atoms with Crippen LogP contribution in [0.15, 0.2) is 67.0 Å². The number of benzene rings is 2. The zero-order valence-electron chi connectivity index (χ0n) is 13.0. The van der Waals surface area contributed by atoms with Gasteiger partial charge in [-0.2, -0.15) is 5.26 Å². The van der Waals surface area contributed by atoms with Crippen molar-refractivity contribution in [1.82, 2.24) is 14.9 Å². The molecule has 2 aromatic carbocycles. The number of aromatic nitrogens is 2. The van der Waals surface area contributed by atoms with Gasteiger partial charge in [-0.15, -0.1) is 0 Å². The summed E-state index contributed by atoms with van der Waals surface area (Å²) in [6.45, 7) is 0.669. The summed E-state index contributed by atoms with van der Waals surface area (Å²) >= 11 is 0. The van der Waals surface area contributed by atoms with Crippen molar-refractivity contribution in [3.63, 3.8) is 0 Å². The quantitative estimate of drug-likeness (QED) is 0.787. The fourth-order valence-electron chi connectivity index (χ4n) is 2.63. The smallest absolute Gasteiger partial charge is 0.130 e. The highest BCUT2D eigenvalue weighted by atomic mass is 15.1. The van der Waals surface area contributed by atoms with Crippen LogP contribution >= 0.6 is 0 Å². The summed E-state index contributed by atoms with van der Waals surface area (Å²) in [5.74, 6) is 0.965. The minimum Gasteiger partial charge on any atom is -0.336 e. The van der Waals surface area contributed by atoms with Crippen LogP contribution < -0.4 is 5.32 Å². The molecule has 4 heteroatoms. The summed E-state index contributed by atoms with van der Waals surface area (Å²) in [6, 6.07) is 20.1. The van der Waals surface area contributed by atoms with Crippen molar-refractivity contribution in [2.45, 2.75) is 12.6 Å². The number of hydrogen-bond acceptors (Lipinski definition) is 3. The predicted octanol–water partition coefficient (Wildman–Crippen LogP) is 3.17. The largest absolute Gasteiger partial charge is 0.336 e. The zero-order chi connectivity index (χ0) is 16.1. The average molecular weight is 302 g/mol. The third-order valence-electron chi connectivity index (χ3n) is 3.82. The number of imidazole rings is 1. The van der Waals surface area contributed by atoms with Gasteiger partial charge < -0.3 is 4.57 Å². The van der Waals surface area contributed by atoms with Crippen molar-refractivity contribution < 1.29 is 0 Å². The Kier molecular flexibility index (Phi) is 4.51. The van der Waals surface area contributed by atoms with Gasteiger partial charge in [0.25, 0.3) is 0 Å². The summed E-state index contributed by atoms with van der Waals surface area (Å²) in [5, 5.41) is 12.6. The lowest BCUT2D eigenvalue weighted by Gasteiger charge is -2.19. The van der Waals surface area contributed by atoms with Crippen LogP contribution in [-0.4, -0.2) is 9.55 Å². The van der Waals surface area contributed by atoms with Gasteiger partial charge in [0.2, 0.25) is 0 Å². The number of rotatable bonds is 5. The van der Waals surface area contributed by atoms with E-state index in [1.165, 1.54) is 5.56 Å². The second-order valence-corrected chi connectivity index (χ2v) is 5.43. The first-order chi connectivity index (χ1) is 11.3. The van der Waals surface area contributed by atoms with E-state index in [-0.39, 0.29) is 6.04 Å². The van der Waals surface area contributed by atoms with E-state index < -0.39 is 0 Å². The molecule has 1 aromatic heterocycles. The number of nitrogens with zero attached hydrogens (tertiary/aromatic N) is 3. The van der Waals surface area contributed by atoms with Crippen molar-refractivity contribution in [3.8, 4) is 6.07 Å². The Hall–Kier alpha value is -2.90. The first kappa shape index (κ1) is 15.0. The first-order valence-corrected chi connectivity index (χ1v) is 7.52. The summed E-state index contributed by atoms with van der Waals surface area (Å²) in [5.41, 5.74) is 2.93. The molecule has 0 radical (unpaired) electrons. The Labute approximate surface area is 136 Å². The Morgan fingerprint density at radius 3 is 2.70 bits per heavy atom. The van der Waals surface area contributed by atoms with E-state index in [9.17, 15) is 0 Å². The molecule has 23 heavy (non-hydrogen) atoms. The number of aryl methyl sites for hydroxylation is 1. The topological polar surface area (TPSA) is 53.6 Å². The average Bonchev–Trinajstić information content (AvgIpc) is 3.02. The molecular weight excluding hydrogens is 284 g/mol. The van der Waals surface area contributed by atoms with Gasteiger partial charge >= 0.3 is 0 Å². The van der Waals surface area contributed by atoms with Gasteiger partial charge in [0.1, 0.15) is 5.82 Å². The van der Waals surface area contributed by atoms with Crippen molar-refractivity contribution in [2.75, 3.05) is 0 Å². The van der Waals surface area contributed by atoms with E-state index in [4.69, 9.17) is 5.26 Å². The molecule has 1 atom stereocenters. The molecule has 0 bridgehead atoms. The Balaban J connectivity index is 1.85. The number of nitrogens with one attached hydrogen (secondary N) is 1. The highest BCUT2D eigenvalue weighted by molar-refractivity contribution is 5.33. The monoisotopic (exact) mass is 302 g/mol. The van der Waals surface area contributed by atoms with Crippen LogP contribution in [-0.2, 0) is 13.6 Å². The minimum absolute atomic E-state index is 0.00180. The van der Waals surface area contributed by atoms with Crippen LogP contribution in [0.2, 0.25) is 0 Å². The van der Waals surface area contributed by atoms with E-state index in [2.05, 4.69) is 28.5 Å². The van der Waals surface area contributed by atoms with E-state index in [0.29, 0.717) is 12.1 Å². The molecule has 1 heterocycles. The lowest BCUT2D eigenvalue weighted by atomic mass is 10.1. The lowest BCUT2D eigenvalue weighted by molar-refractivity contribution is 0.558. The van der Waals surface area contributed by atoms with Gasteiger partial charge in [-0.05, 0) is 23.3 Å². The van der Waals surface area contributed by atoms with Crippen molar-refractivity contribution in [3.05, 3.63) is 89.5 Å². The van der Waals surface area contributed by atoms with Crippen molar-refractivity contribution in [1.29, 1.82) is 5.26 Å². The third kappa shape index (κ3) is 3.47. The highest BCUT2D eigenvalue weighted by Gasteiger charge is 2.17. The molecule has 4 nitrogen and oxygen atoms in total. The molecule has 0 aliphatic rings. The Morgan fingerprint density at radius 1 is 1.17 bits per heavy atom. The molecule has 3 aromatic rings. The van der Waals surface area contributed by atoms with Crippen LogP contribution in [0.1, 0.15) is 28.6 Å². The molecule has 0 aliphatic heterocycles. The van der Waals surface area contributed by atoms with Crippen molar-refractivity contribution in [2.24, 2.45) is 7.05 Å². The van der Waals surface area contributed by atoms with Crippen molar-refractivity contribution >= 4 is 0 Å². The molecule has 0 saturated carbocycles. The molecule has 0 saturated heterocycles. The van der Waals surface area contributed by atoms with Gasteiger partial charge in [-0.3, -0.25) is 5.32 Å². The maximum absolute atomic E-state index is 9.02. The second kappa shape index (κ2) is 6.91. The Morgan fingerprint density at radius 2 is 2.00 bits per heavy atom. The van der Waals surface area contributed by atoms with E-state index >= 15 is 0 Å². The molecule has 0 fully saturated rings. The van der Waals surface area contributed by atoms with Crippen LogP contribution in [0.3, 0.4) is 0 Å². The van der Waals surface area contributed by atoms with Gasteiger partial charge in [0.15, 0.2) is 0 Å². The van der Waals surface area contributed by atoms with Gasteiger partial charge in [0, 0.05) is 26.0 Å². The van der Waals surface area contributed by atoms with Crippen LogP contribution in [0.5, 0.6) is 0 Å². The predicted molar refractivity (Wildman–Crippen MR) is 89.5 cm³/mol.